The molecule has 5 nitrogen and oxygen atoms in total. The molecule has 1 heterocycles. The number of carbonyl (C=O) groups excluding carboxylic acids is 1. The van der Waals surface area contributed by atoms with Crippen LogP contribution in [0.3, 0.4) is 0 Å². The number of carboxylic acid groups (broad SMARTS) is 1. The molecule has 0 aliphatic rings. The van der Waals surface area contributed by atoms with Crippen LogP contribution in [-0.2, 0) is 4.79 Å². The Kier molecular flexibility index (Phi) is 8.75. The predicted molar refractivity (Wildman–Crippen MR) is 153 cm³/mol. The van der Waals surface area contributed by atoms with Crippen molar-refractivity contribution < 1.29 is 14.7 Å². The smallest absolute Gasteiger partial charge is 0.303 e. The van der Waals surface area contributed by atoms with E-state index in [2.05, 4.69) is 21.2 Å². The number of amides is 1. The van der Waals surface area contributed by atoms with Gasteiger partial charge in [0.15, 0.2) is 0 Å². The van der Waals surface area contributed by atoms with Crippen LogP contribution in [0.15, 0.2) is 65.1 Å². The topological polar surface area (TPSA) is 79.3 Å². The summed E-state index contributed by atoms with van der Waals surface area (Å²) >= 11 is 22.6. The van der Waals surface area contributed by atoms with Crippen molar-refractivity contribution in [2.45, 2.75) is 25.7 Å². The van der Waals surface area contributed by atoms with Crippen molar-refractivity contribution in [2.24, 2.45) is 0 Å². The lowest BCUT2D eigenvalue weighted by Gasteiger charge is -2.21. The minimum atomic E-state index is -0.959. The largest absolute Gasteiger partial charge is 0.481 e. The van der Waals surface area contributed by atoms with E-state index in [-0.39, 0.29) is 30.3 Å². The average molecular weight is 621 g/mol. The van der Waals surface area contributed by atoms with Crippen molar-refractivity contribution >= 4 is 73.5 Å². The van der Waals surface area contributed by atoms with Gasteiger partial charge in [-0.3, -0.25) is 9.59 Å². The summed E-state index contributed by atoms with van der Waals surface area (Å²) in [5.41, 5.74) is 4.03. The van der Waals surface area contributed by atoms with Crippen molar-refractivity contribution in [3.8, 4) is 11.3 Å². The number of aromatic nitrogens is 1. The van der Waals surface area contributed by atoms with E-state index in [9.17, 15) is 14.7 Å². The lowest BCUT2D eigenvalue weighted by atomic mass is 9.93. The highest BCUT2D eigenvalue weighted by molar-refractivity contribution is 9.10. The Hall–Kier alpha value is -2.64. The standard InChI is InChI=1S/C28H22BrCl3N2O3/c1-15-24(19-13-18(29)8-11-22(19)34-27(15)16-5-3-2-4-6-16)28(37)33-14-17(7-12-23(35)36)25-20(30)9-10-21(31)26(25)32/h2-6,8-11,13,17H,7,12,14H2,1H3,(H,33,37)(H,35,36). The van der Waals surface area contributed by atoms with Gasteiger partial charge in [-0.15, -0.1) is 0 Å². The Balaban J connectivity index is 1.74. The molecule has 9 heteroatoms. The second kappa shape index (κ2) is 11.8. The molecule has 3 aromatic carbocycles. The molecule has 190 valence electrons. The van der Waals surface area contributed by atoms with Crippen molar-refractivity contribution in [3.63, 3.8) is 0 Å². The predicted octanol–water partition coefficient (Wildman–Crippen LogP) is 8.31. The monoisotopic (exact) mass is 618 g/mol. The molecule has 0 radical (unpaired) electrons. The summed E-state index contributed by atoms with van der Waals surface area (Å²) in [7, 11) is 0. The molecule has 1 atom stereocenters. The number of fused-ring (bicyclic) bond motifs is 1. The van der Waals surface area contributed by atoms with Crippen molar-refractivity contribution in [1.82, 2.24) is 10.3 Å². The Morgan fingerprint density at radius 2 is 1.73 bits per heavy atom. The number of hydrogen-bond donors (Lipinski definition) is 2. The highest BCUT2D eigenvalue weighted by Crippen LogP contribution is 2.38. The van der Waals surface area contributed by atoms with Crippen LogP contribution in [0.25, 0.3) is 22.2 Å². The Morgan fingerprint density at radius 1 is 1.03 bits per heavy atom. The average Bonchev–Trinajstić information content (AvgIpc) is 2.87. The van der Waals surface area contributed by atoms with Gasteiger partial charge >= 0.3 is 5.97 Å². The minimum absolute atomic E-state index is 0.115. The first-order valence-electron chi connectivity index (χ1n) is 11.5. The maximum atomic E-state index is 13.7. The first-order chi connectivity index (χ1) is 17.7. The number of nitrogens with one attached hydrogen (secondary N) is 1. The second-order valence-corrected chi connectivity index (χ2v) is 10.7. The summed E-state index contributed by atoms with van der Waals surface area (Å²) in [6.45, 7) is 1.99. The van der Waals surface area contributed by atoms with Crippen LogP contribution >= 0.6 is 50.7 Å². The molecule has 1 amide bonds. The SMILES string of the molecule is Cc1c(-c2ccccc2)nc2ccc(Br)cc2c1C(=O)NCC(CCC(=O)O)c1c(Cl)ccc(Cl)c1Cl. The molecule has 4 rings (SSSR count). The number of hydrogen-bond acceptors (Lipinski definition) is 3. The maximum absolute atomic E-state index is 13.7. The fourth-order valence-corrected chi connectivity index (χ4v) is 5.57. The van der Waals surface area contributed by atoms with E-state index >= 15 is 0 Å². The van der Waals surface area contributed by atoms with E-state index in [0.29, 0.717) is 37.8 Å². The van der Waals surface area contributed by atoms with Crippen molar-refractivity contribution in [2.75, 3.05) is 6.54 Å². The Bertz CT molecular complexity index is 1500. The van der Waals surface area contributed by atoms with Crippen LogP contribution in [0.5, 0.6) is 0 Å². The molecule has 0 bridgehead atoms. The zero-order valence-corrected chi connectivity index (χ0v) is 23.5. The normalized spacial score (nSPS) is 11.9. The van der Waals surface area contributed by atoms with Gasteiger partial charge in [0.25, 0.3) is 5.91 Å². The zero-order valence-electron chi connectivity index (χ0n) is 19.7. The number of carbonyl (C=O) groups is 2. The zero-order chi connectivity index (χ0) is 26.7. The molecular formula is C28H22BrCl3N2O3. The third kappa shape index (κ3) is 6.10. The number of rotatable bonds is 8. The van der Waals surface area contributed by atoms with E-state index in [1.807, 2.05) is 55.5 Å². The van der Waals surface area contributed by atoms with Gasteiger partial charge in [0.2, 0.25) is 0 Å². The minimum Gasteiger partial charge on any atom is -0.481 e. The molecule has 0 aliphatic heterocycles. The van der Waals surface area contributed by atoms with Gasteiger partial charge in [-0.1, -0.05) is 81.1 Å². The van der Waals surface area contributed by atoms with E-state index in [1.165, 1.54) is 0 Å². The molecule has 0 saturated heterocycles. The second-order valence-electron chi connectivity index (χ2n) is 8.58. The lowest BCUT2D eigenvalue weighted by Crippen LogP contribution is -2.30. The summed E-state index contributed by atoms with van der Waals surface area (Å²) in [5, 5.41) is 13.9. The Morgan fingerprint density at radius 3 is 2.43 bits per heavy atom. The summed E-state index contributed by atoms with van der Waals surface area (Å²) in [5.74, 6) is -1.74. The van der Waals surface area contributed by atoms with Gasteiger partial charge < -0.3 is 10.4 Å². The van der Waals surface area contributed by atoms with Crippen LogP contribution in [0.1, 0.15) is 40.2 Å². The van der Waals surface area contributed by atoms with E-state index < -0.39 is 11.9 Å². The molecule has 37 heavy (non-hydrogen) atoms. The molecule has 4 aromatic rings. The summed E-state index contributed by atoms with van der Waals surface area (Å²) < 4.78 is 0.819. The number of carboxylic acids is 1. The summed E-state index contributed by atoms with van der Waals surface area (Å²) in [6, 6.07) is 18.5. The van der Waals surface area contributed by atoms with E-state index in [1.54, 1.807) is 12.1 Å². The molecule has 1 aromatic heterocycles. The van der Waals surface area contributed by atoms with Gasteiger partial charge in [-0.05, 0) is 54.8 Å². The van der Waals surface area contributed by atoms with Crippen molar-refractivity contribution in [1.29, 1.82) is 0 Å². The van der Waals surface area contributed by atoms with Crippen LogP contribution in [0.2, 0.25) is 15.1 Å². The maximum Gasteiger partial charge on any atom is 0.303 e. The third-order valence-electron chi connectivity index (χ3n) is 6.17. The van der Waals surface area contributed by atoms with Crippen LogP contribution in [0, 0.1) is 6.92 Å². The molecule has 1 unspecified atom stereocenters. The van der Waals surface area contributed by atoms with Gasteiger partial charge in [0, 0.05) is 39.3 Å². The number of aliphatic carboxylic acids is 1. The fraction of sp³-hybridized carbons (Fsp3) is 0.179. The molecular weight excluding hydrogens is 599 g/mol. The summed E-state index contributed by atoms with van der Waals surface area (Å²) in [4.78, 5) is 29.9. The van der Waals surface area contributed by atoms with E-state index in [0.717, 1.165) is 15.6 Å². The van der Waals surface area contributed by atoms with Gasteiger partial charge in [-0.2, -0.15) is 0 Å². The van der Waals surface area contributed by atoms with Crippen LogP contribution in [0.4, 0.5) is 0 Å². The molecule has 2 N–H and O–H groups in total. The number of nitrogens with zero attached hydrogens (tertiary/aromatic N) is 1. The molecule has 0 aliphatic carbocycles. The fourth-order valence-electron chi connectivity index (χ4n) is 4.37. The summed E-state index contributed by atoms with van der Waals surface area (Å²) in [6.07, 6.45) is 0.0916. The Labute approximate surface area is 237 Å². The number of pyridine rings is 1. The molecule has 0 spiro atoms. The van der Waals surface area contributed by atoms with Gasteiger partial charge in [0.1, 0.15) is 0 Å². The first-order valence-corrected chi connectivity index (χ1v) is 13.4. The molecule has 0 saturated carbocycles. The highest BCUT2D eigenvalue weighted by Gasteiger charge is 2.24. The quantitative estimate of drug-likeness (QED) is 0.194. The van der Waals surface area contributed by atoms with Crippen LogP contribution < -0.4 is 5.32 Å². The number of benzene rings is 3. The van der Waals surface area contributed by atoms with Crippen LogP contribution in [-0.4, -0.2) is 28.5 Å². The lowest BCUT2D eigenvalue weighted by molar-refractivity contribution is -0.137. The highest BCUT2D eigenvalue weighted by atomic mass is 79.9. The van der Waals surface area contributed by atoms with E-state index in [4.69, 9.17) is 39.8 Å². The van der Waals surface area contributed by atoms with Crippen molar-refractivity contribution in [3.05, 3.63) is 96.9 Å². The van der Waals surface area contributed by atoms with Gasteiger partial charge in [-0.25, -0.2) is 4.98 Å². The number of halogens is 4. The first kappa shape index (κ1) is 27.4. The third-order valence-corrected chi connectivity index (χ3v) is 7.81. The molecule has 0 fully saturated rings. The van der Waals surface area contributed by atoms with Gasteiger partial charge in [0.05, 0.1) is 26.8 Å².